The Morgan fingerprint density at radius 1 is 1.11 bits per heavy atom. The van der Waals surface area contributed by atoms with Crippen molar-refractivity contribution in [3.63, 3.8) is 0 Å². The molecule has 1 aromatic carbocycles. The zero-order valence-corrected chi connectivity index (χ0v) is 16.6. The fourth-order valence-electron chi connectivity index (χ4n) is 2.76. The van der Waals surface area contributed by atoms with Gasteiger partial charge in [0.15, 0.2) is 12.4 Å². The van der Waals surface area contributed by atoms with Gasteiger partial charge in [0, 0.05) is 38.1 Å². The summed E-state index contributed by atoms with van der Waals surface area (Å²) < 4.78 is 14.3. The number of aryl methyl sites for hydroxylation is 2. The molecule has 3 aromatic rings. The van der Waals surface area contributed by atoms with Gasteiger partial charge in [0.25, 0.3) is 5.91 Å². The van der Waals surface area contributed by atoms with Crippen LogP contribution >= 0.6 is 0 Å². The summed E-state index contributed by atoms with van der Waals surface area (Å²) in [4.78, 5) is 14.3. The molecule has 0 saturated heterocycles. The molecule has 0 fully saturated rings. The molecule has 0 aliphatic rings. The van der Waals surface area contributed by atoms with Crippen LogP contribution in [0, 0.1) is 6.92 Å². The van der Waals surface area contributed by atoms with Gasteiger partial charge < -0.3 is 14.4 Å². The van der Waals surface area contributed by atoms with E-state index in [1.807, 2.05) is 49.0 Å². The van der Waals surface area contributed by atoms with Crippen LogP contribution in [0.2, 0.25) is 0 Å². The molecule has 28 heavy (non-hydrogen) atoms. The van der Waals surface area contributed by atoms with E-state index in [1.54, 1.807) is 36.0 Å². The highest BCUT2D eigenvalue weighted by Crippen LogP contribution is 2.17. The molecule has 2 aromatic heterocycles. The minimum atomic E-state index is -0.146. The van der Waals surface area contributed by atoms with E-state index in [9.17, 15) is 4.79 Å². The van der Waals surface area contributed by atoms with Crippen LogP contribution in [0.5, 0.6) is 11.5 Å². The number of aromatic nitrogens is 4. The summed E-state index contributed by atoms with van der Waals surface area (Å²) >= 11 is 0. The van der Waals surface area contributed by atoms with Crippen molar-refractivity contribution >= 4 is 5.91 Å². The molecule has 0 bridgehead atoms. The lowest BCUT2D eigenvalue weighted by Crippen LogP contribution is -2.27. The summed E-state index contributed by atoms with van der Waals surface area (Å²) in [5.74, 6) is 1.32. The molecule has 3 rings (SSSR count). The van der Waals surface area contributed by atoms with Crippen molar-refractivity contribution in [3.05, 3.63) is 59.7 Å². The Bertz CT molecular complexity index is 930. The zero-order chi connectivity index (χ0) is 20.1. The van der Waals surface area contributed by atoms with E-state index in [0.29, 0.717) is 18.0 Å². The maximum atomic E-state index is 12.7. The van der Waals surface area contributed by atoms with Crippen LogP contribution in [0.1, 0.15) is 28.7 Å². The molecule has 0 saturated carbocycles. The van der Waals surface area contributed by atoms with E-state index >= 15 is 0 Å². The predicted octanol–water partition coefficient (Wildman–Crippen LogP) is 2.73. The molecule has 0 radical (unpaired) electrons. The van der Waals surface area contributed by atoms with Gasteiger partial charge in [0.1, 0.15) is 11.5 Å². The summed E-state index contributed by atoms with van der Waals surface area (Å²) in [6, 6.07) is 8.98. The maximum absolute atomic E-state index is 12.7. The number of nitrogens with zero attached hydrogens (tertiary/aromatic N) is 5. The van der Waals surface area contributed by atoms with E-state index in [-0.39, 0.29) is 12.6 Å². The first-order chi connectivity index (χ1) is 13.5. The van der Waals surface area contributed by atoms with Crippen LogP contribution in [0.15, 0.2) is 42.7 Å². The van der Waals surface area contributed by atoms with Gasteiger partial charge in [-0.2, -0.15) is 10.2 Å². The molecular weight excluding hydrogens is 358 g/mol. The Kier molecular flexibility index (Phi) is 5.98. The molecule has 0 unspecified atom stereocenters. The zero-order valence-electron chi connectivity index (χ0n) is 16.6. The average molecular weight is 383 g/mol. The average Bonchev–Trinajstić information content (AvgIpc) is 3.33. The highest BCUT2D eigenvalue weighted by molar-refractivity contribution is 5.91. The molecule has 0 N–H and O–H groups in total. The molecule has 0 aliphatic carbocycles. The van der Waals surface area contributed by atoms with Gasteiger partial charge >= 0.3 is 0 Å². The van der Waals surface area contributed by atoms with Crippen LogP contribution in [-0.4, -0.2) is 44.5 Å². The van der Waals surface area contributed by atoms with Crippen LogP contribution in [-0.2, 0) is 19.8 Å². The number of hydrogen-bond donors (Lipinski definition) is 0. The minimum Gasteiger partial charge on any atom is -0.497 e. The molecule has 148 valence electrons. The second-order valence-corrected chi connectivity index (χ2v) is 6.45. The van der Waals surface area contributed by atoms with Crippen molar-refractivity contribution < 1.29 is 14.3 Å². The number of ether oxygens (including phenoxy) is 2. The monoisotopic (exact) mass is 383 g/mol. The molecule has 8 nitrogen and oxygen atoms in total. The summed E-state index contributed by atoms with van der Waals surface area (Å²) in [7, 11) is 3.38. The van der Waals surface area contributed by atoms with Crippen LogP contribution < -0.4 is 9.47 Å². The highest BCUT2D eigenvalue weighted by atomic mass is 16.5. The molecule has 1 amide bonds. The highest BCUT2D eigenvalue weighted by Gasteiger charge is 2.17. The number of rotatable bonds is 8. The van der Waals surface area contributed by atoms with Gasteiger partial charge in [-0.1, -0.05) is 0 Å². The fraction of sp³-hybridized carbons (Fsp3) is 0.350. The van der Waals surface area contributed by atoms with Gasteiger partial charge in [-0.05, 0) is 44.2 Å². The van der Waals surface area contributed by atoms with Gasteiger partial charge in [-0.3, -0.25) is 9.48 Å². The van der Waals surface area contributed by atoms with E-state index in [4.69, 9.17) is 9.47 Å². The SMILES string of the molecule is CCn1cc(CN(C)C(=O)c2ccn(COc3ccc(OC)cc3)n2)c(C)n1. The Balaban J connectivity index is 1.58. The largest absolute Gasteiger partial charge is 0.497 e. The Hall–Kier alpha value is -3.29. The van der Waals surface area contributed by atoms with Gasteiger partial charge in [-0.15, -0.1) is 0 Å². The van der Waals surface area contributed by atoms with Crippen LogP contribution in [0.4, 0.5) is 0 Å². The predicted molar refractivity (Wildman–Crippen MR) is 104 cm³/mol. The topological polar surface area (TPSA) is 74.4 Å². The van der Waals surface area contributed by atoms with Crippen molar-refractivity contribution in [1.82, 2.24) is 24.5 Å². The number of amides is 1. The molecule has 0 atom stereocenters. The number of carbonyl (C=O) groups is 1. The number of methoxy groups -OCH3 is 1. The molecule has 0 aliphatic heterocycles. The minimum absolute atomic E-state index is 0.146. The molecule has 0 spiro atoms. The van der Waals surface area contributed by atoms with Crippen molar-refractivity contribution in [3.8, 4) is 11.5 Å². The second kappa shape index (κ2) is 8.60. The van der Waals surface area contributed by atoms with Gasteiger partial charge in [0.05, 0.1) is 12.8 Å². The van der Waals surface area contributed by atoms with Crippen molar-refractivity contribution in [2.45, 2.75) is 33.7 Å². The first-order valence-electron chi connectivity index (χ1n) is 9.09. The third-order valence-electron chi connectivity index (χ3n) is 4.41. The van der Waals surface area contributed by atoms with Crippen LogP contribution in [0.3, 0.4) is 0 Å². The summed E-state index contributed by atoms with van der Waals surface area (Å²) in [5, 5.41) is 8.74. The Morgan fingerprint density at radius 3 is 2.46 bits per heavy atom. The fourth-order valence-corrected chi connectivity index (χ4v) is 2.76. The van der Waals surface area contributed by atoms with E-state index in [2.05, 4.69) is 10.2 Å². The van der Waals surface area contributed by atoms with Crippen molar-refractivity contribution in [2.75, 3.05) is 14.2 Å². The quantitative estimate of drug-likeness (QED) is 0.598. The lowest BCUT2D eigenvalue weighted by Gasteiger charge is -2.15. The standard InChI is InChI=1S/C20H25N5O3/c1-5-24-13-16(15(2)21-24)12-23(3)20(26)19-10-11-25(22-19)14-28-18-8-6-17(27-4)7-9-18/h6-11,13H,5,12,14H2,1-4H3. The first kappa shape index (κ1) is 19.5. The lowest BCUT2D eigenvalue weighted by atomic mass is 10.2. The summed E-state index contributed by atoms with van der Waals surface area (Å²) in [6.07, 6.45) is 3.70. The maximum Gasteiger partial charge on any atom is 0.274 e. The van der Waals surface area contributed by atoms with E-state index < -0.39 is 0 Å². The first-order valence-corrected chi connectivity index (χ1v) is 9.09. The number of carbonyl (C=O) groups excluding carboxylic acids is 1. The summed E-state index contributed by atoms with van der Waals surface area (Å²) in [6.45, 7) is 5.49. The number of benzene rings is 1. The second-order valence-electron chi connectivity index (χ2n) is 6.45. The molecule has 8 heteroatoms. The van der Waals surface area contributed by atoms with Crippen LogP contribution in [0.25, 0.3) is 0 Å². The van der Waals surface area contributed by atoms with Gasteiger partial charge in [0.2, 0.25) is 0 Å². The van der Waals surface area contributed by atoms with Crippen molar-refractivity contribution in [2.24, 2.45) is 0 Å². The normalized spacial score (nSPS) is 10.7. The summed E-state index contributed by atoms with van der Waals surface area (Å²) in [5.41, 5.74) is 2.33. The third-order valence-corrected chi connectivity index (χ3v) is 4.41. The molecule has 2 heterocycles. The number of hydrogen-bond acceptors (Lipinski definition) is 5. The van der Waals surface area contributed by atoms with E-state index in [0.717, 1.165) is 23.6 Å². The van der Waals surface area contributed by atoms with Crippen molar-refractivity contribution in [1.29, 1.82) is 0 Å². The smallest absolute Gasteiger partial charge is 0.274 e. The van der Waals surface area contributed by atoms with Gasteiger partial charge in [-0.25, -0.2) is 4.68 Å². The lowest BCUT2D eigenvalue weighted by molar-refractivity contribution is 0.0777. The third kappa shape index (κ3) is 4.51. The Labute approximate surface area is 164 Å². The molecular formula is C20H25N5O3. The van der Waals surface area contributed by atoms with E-state index in [1.165, 1.54) is 0 Å². The Morgan fingerprint density at radius 2 is 1.82 bits per heavy atom.